The molecule has 7 heteroatoms. The Bertz CT molecular complexity index is 650. The van der Waals surface area contributed by atoms with Crippen LogP contribution in [0.1, 0.15) is 22.1 Å². The Balaban J connectivity index is 1.71. The van der Waals surface area contributed by atoms with Gasteiger partial charge in [-0.15, -0.1) is 5.10 Å². The van der Waals surface area contributed by atoms with Gasteiger partial charge >= 0.3 is 0 Å². The van der Waals surface area contributed by atoms with Crippen molar-refractivity contribution in [3.63, 3.8) is 0 Å². The molecule has 2 N–H and O–H groups in total. The van der Waals surface area contributed by atoms with Gasteiger partial charge in [0.15, 0.2) is 5.69 Å². The monoisotopic (exact) mass is 383 g/mol. The number of benzene rings is 1. The smallest absolute Gasteiger partial charge is 0.277 e. The molecule has 1 aromatic carbocycles. The lowest BCUT2D eigenvalue weighted by atomic mass is 10.2. The number of aromatic nitrogens is 3. The van der Waals surface area contributed by atoms with Crippen LogP contribution in [0.3, 0.4) is 0 Å². The normalized spacial score (nSPS) is 14.9. The van der Waals surface area contributed by atoms with Gasteiger partial charge < -0.3 is 10.6 Å². The molecule has 0 aliphatic carbocycles. The number of rotatable bonds is 3. The van der Waals surface area contributed by atoms with Crippen molar-refractivity contribution >= 4 is 34.2 Å². The Morgan fingerprint density at radius 3 is 2.95 bits per heavy atom. The van der Waals surface area contributed by atoms with Gasteiger partial charge in [0, 0.05) is 22.3 Å². The van der Waals surface area contributed by atoms with Crippen LogP contribution in [0.4, 0.5) is 5.69 Å². The second-order valence-electron chi connectivity index (χ2n) is 4.81. The lowest BCUT2D eigenvalue weighted by Crippen LogP contribution is -2.43. The highest BCUT2D eigenvalue weighted by Gasteiger charge is 2.21. The molecule has 0 spiro atoms. The molecule has 20 heavy (non-hydrogen) atoms. The fourth-order valence-corrected chi connectivity index (χ4v) is 2.40. The first-order valence-electron chi connectivity index (χ1n) is 6.33. The van der Waals surface area contributed by atoms with Crippen LogP contribution in [0.25, 0.3) is 0 Å². The molecule has 1 fully saturated rings. The zero-order valence-electron chi connectivity index (χ0n) is 10.9. The first-order chi connectivity index (χ1) is 9.63. The van der Waals surface area contributed by atoms with Crippen molar-refractivity contribution in [2.75, 3.05) is 18.4 Å². The quantitative estimate of drug-likeness (QED) is 0.790. The molecule has 1 aliphatic rings. The van der Waals surface area contributed by atoms with E-state index in [2.05, 4.69) is 43.5 Å². The Labute approximate surface area is 130 Å². The maximum absolute atomic E-state index is 12.1. The minimum Gasteiger partial charge on any atom is -0.321 e. The Hall–Kier alpha value is -1.48. The van der Waals surface area contributed by atoms with Crippen molar-refractivity contribution in [1.29, 1.82) is 0 Å². The number of carbonyl (C=O) groups is 1. The Morgan fingerprint density at radius 2 is 2.30 bits per heavy atom. The Kier molecular flexibility index (Phi) is 3.70. The summed E-state index contributed by atoms with van der Waals surface area (Å²) in [6, 6.07) is 6.11. The van der Waals surface area contributed by atoms with Gasteiger partial charge in [-0.25, -0.2) is 4.68 Å². The van der Waals surface area contributed by atoms with Crippen molar-refractivity contribution < 1.29 is 4.79 Å². The fraction of sp³-hybridized carbons (Fsp3) is 0.308. The summed E-state index contributed by atoms with van der Waals surface area (Å²) in [7, 11) is 0. The highest BCUT2D eigenvalue weighted by molar-refractivity contribution is 14.1. The van der Waals surface area contributed by atoms with Gasteiger partial charge in [0.05, 0.1) is 12.2 Å². The topological polar surface area (TPSA) is 71.8 Å². The van der Waals surface area contributed by atoms with E-state index in [0.717, 1.165) is 22.3 Å². The number of aryl methyl sites for hydroxylation is 1. The summed E-state index contributed by atoms with van der Waals surface area (Å²) < 4.78 is 2.86. The van der Waals surface area contributed by atoms with E-state index in [0.29, 0.717) is 11.7 Å². The van der Waals surface area contributed by atoms with Crippen molar-refractivity contribution in [2.45, 2.75) is 13.0 Å². The number of anilines is 1. The summed E-state index contributed by atoms with van der Waals surface area (Å²) in [5, 5.41) is 13.9. The minimum absolute atomic E-state index is 0.233. The van der Waals surface area contributed by atoms with Crippen LogP contribution >= 0.6 is 22.6 Å². The van der Waals surface area contributed by atoms with Crippen molar-refractivity contribution in [2.24, 2.45) is 0 Å². The lowest BCUT2D eigenvalue weighted by Gasteiger charge is -2.26. The van der Waals surface area contributed by atoms with Crippen LogP contribution in [0, 0.1) is 10.5 Å². The summed E-state index contributed by atoms with van der Waals surface area (Å²) in [4.78, 5) is 12.1. The van der Waals surface area contributed by atoms with Crippen LogP contribution in [-0.2, 0) is 0 Å². The van der Waals surface area contributed by atoms with Crippen LogP contribution < -0.4 is 10.6 Å². The second-order valence-corrected chi connectivity index (χ2v) is 5.98. The summed E-state index contributed by atoms with van der Waals surface area (Å²) in [5.41, 5.74) is 2.30. The van der Waals surface area contributed by atoms with E-state index >= 15 is 0 Å². The molecule has 3 rings (SSSR count). The van der Waals surface area contributed by atoms with E-state index in [4.69, 9.17) is 0 Å². The zero-order valence-corrected chi connectivity index (χ0v) is 13.1. The third kappa shape index (κ3) is 2.68. The number of halogens is 1. The van der Waals surface area contributed by atoms with Gasteiger partial charge in [-0.3, -0.25) is 4.79 Å². The van der Waals surface area contributed by atoms with Crippen molar-refractivity contribution in [1.82, 2.24) is 20.3 Å². The molecule has 0 radical (unpaired) electrons. The molecule has 2 aromatic rings. The summed E-state index contributed by atoms with van der Waals surface area (Å²) in [6.45, 7) is 3.78. The minimum atomic E-state index is -0.233. The standard InChI is InChI=1S/C13H14IN5O/c1-8-2-3-9(4-11(8)14)16-13(20)12-7-19(18-17-12)10-5-15-6-10/h2-4,7,10,15H,5-6H2,1H3,(H,16,20). The highest BCUT2D eigenvalue weighted by Crippen LogP contribution is 2.18. The summed E-state index contributed by atoms with van der Waals surface area (Å²) in [6.07, 6.45) is 1.69. The maximum Gasteiger partial charge on any atom is 0.277 e. The molecule has 104 valence electrons. The maximum atomic E-state index is 12.1. The first kappa shape index (κ1) is 13.5. The number of hydrogen-bond acceptors (Lipinski definition) is 4. The van der Waals surface area contributed by atoms with Gasteiger partial charge in [0.2, 0.25) is 0 Å². The second kappa shape index (κ2) is 5.49. The highest BCUT2D eigenvalue weighted by atomic mass is 127. The van der Waals surface area contributed by atoms with E-state index in [1.165, 1.54) is 5.56 Å². The van der Waals surface area contributed by atoms with Gasteiger partial charge in [0.1, 0.15) is 0 Å². The predicted octanol–water partition coefficient (Wildman–Crippen LogP) is 1.59. The molecule has 2 heterocycles. The van der Waals surface area contributed by atoms with Crippen molar-refractivity contribution in [3.05, 3.63) is 39.2 Å². The van der Waals surface area contributed by atoms with Gasteiger partial charge in [-0.2, -0.15) is 0 Å². The van der Waals surface area contributed by atoms with Crippen molar-refractivity contribution in [3.8, 4) is 0 Å². The van der Waals surface area contributed by atoms with Gasteiger partial charge in [0.25, 0.3) is 5.91 Å². The zero-order chi connectivity index (χ0) is 14.1. The molecular weight excluding hydrogens is 369 g/mol. The lowest BCUT2D eigenvalue weighted by molar-refractivity contribution is 0.102. The van der Waals surface area contributed by atoms with Crippen LogP contribution in [-0.4, -0.2) is 34.0 Å². The van der Waals surface area contributed by atoms with E-state index in [9.17, 15) is 4.79 Å². The number of nitrogens with zero attached hydrogens (tertiary/aromatic N) is 3. The van der Waals surface area contributed by atoms with Gasteiger partial charge in [-0.05, 0) is 47.2 Å². The van der Waals surface area contributed by atoms with E-state index < -0.39 is 0 Å². The molecule has 1 aromatic heterocycles. The molecule has 1 saturated heterocycles. The van der Waals surface area contributed by atoms with E-state index in [1.807, 2.05) is 25.1 Å². The Morgan fingerprint density at radius 1 is 1.50 bits per heavy atom. The summed E-state index contributed by atoms with van der Waals surface area (Å²) in [5.74, 6) is -0.233. The number of carbonyl (C=O) groups excluding carboxylic acids is 1. The average molecular weight is 383 g/mol. The van der Waals surface area contributed by atoms with E-state index in [-0.39, 0.29) is 5.91 Å². The number of amides is 1. The van der Waals surface area contributed by atoms with Crippen LogP contribution in [0.2, 0.25) is 0 Å². The van der Waals surface area contributed by atoms with Crippen LogP contribution in [0.5, 0.6) is 0 Å². The molecule has 0 bridgehead atoms. The largest absolute Gasteiger partial charge is 0.321 e. The predicted molar refractivity (Wildman–Crippen MR) is 83.8 cm³/mol. The molecule has 0 atom stereocenters. The van der Waals surface area contributed by atoms with Gasteiger partial charge in [-0.1, -0.05) is 11.3 Å². The third-order valence-electron chi connectivity index (χ3n) is 3.31. The fourth-order valence-electron chi connectivity index (χ4n) is 1.89. The molecular formula is C13H14IN5O. The number of hydrogen-bond donors (Lipinski definition) is 2. The average Bonchev–Trinajstić information content (AvgIpc) is 2.81. The molecule has 0 saturated carbocycles. The molecule has 0 unspecified atom stereocenters. The third-order valence-corrected chi connectivity index (χ3v) is 4.47. The first-order valence-corrected chi connectivity index (χ1v) is 7.41. The van der Waals surface area contributed by atoms with E-state index in [1.54, 1.807) is 10.9 Å². The molecule has 1 aliphatic heterocycles. The molecule has 6 nitrogen and oxygen atoms in total. The molecule has 1 amide bonds. The SMILES string of the molecule is Cc1ccc(NC(=O)c2cn(C3CNC3)nn2)cc1I. The number of nitrogens with one attached hydrogen (secondary N) is 2. The van der Waals surface area contributed by atoms with Crippen LogP contribution in [0.15, 0.2) is 24.4 Å². The summed E-state index contributed by atoms with van der Waals surface area (Å²) >= 11 is 2.25.